The van der Waals surface area contributed by atoms with Gasteiger partial charge in [-0.05, 0) is 19.5 Å². The lowest BCUT2D eigenvalue weighted by Crippen LogP contribution is -2.43. The summed E-state index contributed by atoms with van der Waals surface area (Å²) in [6, 6.07) is 1.83. The zero-order valence-electron chi connectivity index (χ0n) is 9.26. The highest BCUT2D eigenvalue weighted by Gasteiger charge is 2.36. The second kappa shape index (κ2) is 8.57. The third kappa shape index (κ3) is 5.23. The molecule has 0 aromatic heterocycles. The van der Waals surface area contributed by atoms with E-state index in [1.165, 1.54) is 0 Å². The quantitative estimate of drug-likeness (QED) is 0.464. The third-order valence-electron chi connectivity index (χ3n) is 2.07. The molecule has 0 unspecified atom stereocenters. The van der Waals surface area contributed by atoms with Crippen LogP contribution in [0.1, 0.15) is 6.42 Å². The van der Waals surface area contributed by atoms with Gasteiger partial charge in [0.1, 0.15) is 0 Å². The maximum atomic E-state index is 5.30. The van der Waals surface area contributed by atoms with Crippen molar-refractivity contribution < 1.29 is 13.3 Å². The zero-order valence-corrected chi connectivity index (χ0v) is 11.3. The molecule has 0 bridgehead atoms. The Labute approximate surface area is 91.1 Å². The fourth-order valence-corrected chi connectivity index (χ4v) is 3.10. The number of nitrogens with one attached hydrogen (secondary N) is 1. The van der Waals surface area contributed by atoms with Gasteiger partial charge < -0.3 is 18.6 Å². The summed E-state index contributed by atoms with van der Waals surface area (Å²) in [7, 11) is 6.00. The molecule has 0 rings (SSSR count). The summed E-state index contributed by atoms with van der Waals surface area (Å²) < 4.78 is 15.9. The van der Waals surface area contributed by atoms with Gasteiger partial charge in [0.2, 0.25) is 0 Å². The highest BCUT2D eigenvalue weighted by Crippen LogP contribution is 2.14. The molecule has 0 aliphatic heterocycles. The van der Waals surface area contributed by atoms with E-state index in [9.17, 15) is 0 Å². The van der Waals surface area contributed by atoms with Crippen LogP contribution in [0.25, 0.3) is 0 Å². The molecule has 0 aromatic carbocycles. The lowest BCUT2D eigenvalue weighted by molar-refractivity contribution is 0.123. The van der Waals surface area contributed by atoms with Crippen molar-refractivity contribution in [2.24, 2.45) is 0 Å². The maximum absolute atomic E-state index is 5.30. The molecule has 14 heavy (non-hydrogen) atoms. The van der Waals surface area contributed by atoms with Crippen LogP contribution in [0.4, 0.5) is 0 Å². The SMILES string of the molecule is CO[Si](CCCNCC[Si])(OC)OC. The fraction of sp³-hybridized carbons (Fsp3) is 1.00. The molecule has 6 heteroatoms. The van der Waals surface area contributed by atoms with Crippen LogP contribution in [0.15, 0.2) is 0 Å². The van der Waals surface area contributed by atoms with Gasteiger partial charge in [-0.2, -0.15) is 0 Å². The Morgan fingerprint density at radius 2 is 1.64 bits per heavy atom. The summed E-state index contributed by atoms with van der Waals surface area (Å²) in [6.45, 7) is 1.95. The number of rotatable bonds is 9. The molecule has 0 aliphatic rings. The van der Waals surface area contributed by atoms with Crippen LogP contribution in [0.3, 0.4) is 0 Å². The summed E-state index contributed by atoms with van der Waals surface area (Å²) in [5, 5.41) is 3.29. The van der Waals surface area contributed by atoms with E-state index < -0.39 is 8.80 Å². The van der Waals surface area contributed by atoms with Gasteiger partial charge in [0.05, 0.1) is 0 Å². The summed E-state index contributed by atoms with van der Waals surface area (Å²) in [6.07, 6.45) is 1.01. The average Bonchev–Trinajstić information content (AvgIpc) is 2.24. The van der Waals surface area contributed by atoms with E-state index in [0.717, 1.165) is 31.6 Å². The molecule has 0 amide bonds. The Hall–Kier alpha value is 0.274. The van der Waals surface area contributed by atoms with Crippen molar-refractivity contribution in [3.63, 3.8) is 0 Å². The molecular formula is C8H20NO3Si2. The topological polar surface area (TPSA) is 39.7 Å². The third-order valence-corrected chi connectivity index (χ3v) is 5.15. The van der Waals surface area contributed by atoms with Crippen LogP contribution in [0.2, 0.25) is 12.1 Å². The lowest BCUT2D eigenvalue weighted by Gasteiger charge is -2.24. The van der Waals surface area contributed by atoms with E-state index in [1.807, 2.05) is 0 Å². The van der Waals surface area contributed by atoms with Crippen LogP contribution in [-0.4, -0.2) is 53.5 Å². The molecule has 83 valence electrons. The van der Waals surface area contributed by atoms with Crippen LogP contribution in [0.5, 0.6) is 0 Å². The molecule has 0 spiro atoms. The highest BCUT2D eigenvalue weighted by atomic mass is 28.4. The Kier molecular flexibility index (Phi) is 8.74. The normalized spacial score (nSPS) is 12.0. The predicted molar refractivity (Wildman–Crippen MR) is 59.6 cm³/mol. The van der Waals surface area contributed by atoms with Crippen LogP contribution >= 0.6 is 0 Å². The second-order valence-corrected chi connectivity index (χ2v) is 6.49. The molecule has 0 fully saturated rings. The van der Waals surface area contributed by atoms with E-state index in [4.69, 9.17) is 13.3 Å². The lowest BCUT2D eigenvalue weighted by atomic mass is 10.5. The molecule has 0 saturated carbocycles. The van der Waals surface area contributed by atoms with Crippen molar-refractivity contribution in [3.8, 4) is 0 Å². The van der Waals surface area contributed by atoms with Gasteiger partial charge in [-0.1, -0.05) is 6.04 Å². The van der Waals surface area contributed by atoms with Crippen molar-refractivity contribution in [1.29, 1.82) is 0 Å². The first kappa shape index (κ1) is 14.3. The van der Waals surface area contributed by atoms with Crippen molar-refractivity contribution in [3.05, 3.63) is 0 Å². The Balaban J connectivity index is 3.61. The van der Waals surface area contributed by atoms with Crippen molar-refractivity contribution in [2.45, 2.75) is 18.5 Å². The molecule has 1 N–H and O–H groups in total. The average molecular weight is 234 g/mol. The van der Waals surface area contributed by atoms with Crippen molar-refractivity contribution in [2.75, 3.05) is 34.4 Å². The minimum atomic E-state index is -2.33. The van der Waals surface area contributed by atoms with Gasteiger partial charge in [-0.3, -0.25) is 0 Å². The molecular weight excluding hydrogens is 214 g/mol. The smallest absolute Gasteiger partial charge is 0.377 e. The first-order valence-electron chi connectivity index (χ1n) is 4.75. The Bertz CT molecular complexity index is 125. The maximum Gasteiger partial charge on any atom is 0.500 e. The van der Waals surface area contributed by atoms with Gasteiger partial charge in [-0.25, -0.2) is 0 Å². The molecule has 0 heterocycles. The van der Waals surface area contributed by atoms with Crippen molar-refractivity contribution >= 4 is 19.0 Å². The second-order valence-electron chi connectivity index (χ2n) is 2.90. The standard InChI is InChI=1S/C8H20NO3Si2/c1-10-14(11-2,12-3)8-4-5-9-6-7-13/h9H,4-8H2,1-3H3. The fourth-order valence-electron chi connectivity index (χ4n) is 1.20. The Morgan fingerprint density at radius 1 is 1.07 bits per heavy atom. The van der Waals surface area contributed by atoms with Gasteiger partial charge >= 0.3 is 8.80 Å². The minimum Gasteiger partial charge on any atom is -0.377 e. The predicted octanol–water partition coefficient (Wildman–Crippen LogP) is 0.431. The van der Waals surface area contributed by atoms with Gasteiger partial charge in [0.25, 0.3) is 0 Å². The molecule has 0 aliphatic carbocycles. The summed E-state index contributed by atoms with van der Waals surface area (Å²) in [5.74, 6) is 0. The molecule has 3 radical (unpaired) electrons. The van der Waals surface area contributed by atoms with Crippen LogP contribution in [-0.2, 0) is 13.3 Å². The van der Waals surface area contributed by atoms with E-state index in [0.29, 0.717) is 0 Å². The summed E-state index contributed by atoms with van der Waals surface area (Å²) in [4.78, 5) is 0. The minimum absolute atomic E-state index is 0.852. The number of hydrogen-bond donors (Lipinski definition) is 1. The number of hydrogen-bond acceptors (Lipinski definition) is 4. The van der Waals surface area contributed by atoms with Crippen LogP contribution in [0, 0.1) is 0 Å². The summed E-state index contributed by atoms with van der Waals surface area (Å²) in [5.41, 5.74) is 0. The Morgan fingerprint density at radius 3 is 2.07 bits per heavy atom. The van der Waals surface area contributed by atoms with E-state index >= 15 is 0 Å². The van der Waals surface area contributed by atoms with E-state index in [-0.39, 0.29) is 0 Å². The van der Waals surface area contributed by atoms with Gasteiger partial charge in [-0.15, -0.1) is 0 Å². The zero-order chi connectivity index (χ0) is 10.9. The van der Waals surface area contributed by atoms with E-state index in [2.05, 4.69) is 15.6 Å². The first-order valence-corrected chi connectivity index (χ1v) is 7.39. The first-order chi connectivity index (χ1) is 6.74. The van der Waals surface area contributed by atoms with E-state index in [1.54, 1.807) is 21.3 Å². The van der Waals surface area contributed by atoms with Gasteiger partial charge in [0, 0.05) is 37.6 Å². The monoisotopic (exact) mass is 234 g/mol. The largest absolute Gasteiger partial charge is 0.500 e. The van der Waals surface area contributed by atoms with Crippen LogP contribution < -0.4 is 5.32 Å². The molecule has 0 saturated heterocycles. The molecule has 0 atom stereocenters. The molecule has 4 nitrogen and oxygen atoms in total. The van der Waals surface area contributed by atoms with Gasteiger partial charge in [0.15, 0.2) is 0 Å². The highest BCUT2D eigenvalue weighted by molar-refractivity contribution is 6.60. The van der Waals surface area contributed by atoms with Crippen molar-refractivity contribution in [1.82, 2.24) is 5.32 Å². The molecule has 0 aromatic rings. The summed E-state index contributed by atoms with van der Waals surface area (Å²) >= 11 is 0.